The Bertz CT molecular complexity index is 725. The van der Waals surface area contributed by atoms with Crippen molar-refractivity contribution >= 4 is 23.0 Å². The minimum atomic E-state index is -1.31. The van der Waals surface area contributed by atoms with Crippen LogP contribution in [0.3, 0.4) is 0 Å². The predicted molar refractivity (Wildman–Crippen MR) is 105 cm³/mol. The highest BCUT2D eigenvalue weighted by Gasteiger charge is 2.43. The van der Waals surface area contributed by atoms with Gasteiger partial charge in [-0.05, 0) is 25.0 Å². The third-order valence-corrected chi connectivity index (χ3v) is 5.12. The Morgan fingerprint density at radius 3 is 1.73 bits per heavy atom. The number of hydrogen-bond donors (Lipinski definition) is 2. The molecule has 1 amide bonds. The van der Waals surface area contributed by atoms with Gasteiger partial charge in [0.15, 0.2) is 0 Å². The van der Waals surface area contributed by atoms with Crippen molar-refractivity contribution in [3.8, 4) is 0 Å². The Morgan fingerprint density at radius 1 is 0.962 bits per heavy atom. The van der Waals surface area contributed by atoms with Crippen LogP contribution in [0.1, 0.15) is 22.3 Å². The maximum atomic E-state index is 12.5. The van der Waals surface area contributed by atoms with E-state index in [4.69, 9.17) is 0 Å². The van der Waals surface area contributed by atoms with Gasteiger partial charge in [-0.1, -0.05) is 71.4 Å². The number of rotatable bonds is 6. The molecule has 0 aliphatic carbocycles. The summed E-state index contributed by atoms with van der Waals surface area (Å²) in [5.74, 6) is -0.885. The Kier molecular flexibility index (Phi) is 6.45. The van der Waals surface area contributed by atoms with E-state index in [1.165, 1.54) is 5.01 Å². The van der Waals surface area contributed by atoms with Crippen molar-refractivity contribution in [2.75, 3.05) is 19.8 Å². The minimum Gasteiger partial charge on any atom is -0.480 e. The first-order valence-electron chi connectivity index (χ1n) is 8.24. The zero-order chi connectivity index (χ0) is 19.3. The molecule has 0 fully saturated rings. The molecule has 2 aromatic rings. The molecule has 0 saturated carbocycles. The first kappa shape index (κ1) is 20.0. The van der Waals surface area contributed by atoms with Gasteiger partial charge in [-0.3, -0.25) is 15.0 Å². The number of carbonyl (C=O) groups excluding carboxylic acids is 1. The summed E-state index contributed by atoms with van der Waals surface area (Å²) in [6.45, 7) is 3.91. The summed E-state index contributed by atoms with van der Waals surface area (Å²) in [7, 11) is 3.42. The second kappa shape index (κ2) is 8.38. The van der Waals surface area contributed by atoms with Gasteiger partial charge in [0.25, 0.3) is 5.24 Å². The molecule has 0 heterocycles. The van der Waals surface area contributed by atoms with Gasteiger partial charge in [-0.2, -0.15) is 0 Å². The summed E-state index contributed by atoms with van der Waals surface area (Å²) in [5, 5.41) is 11.5. The molecular weight excluding hydrogens is 348 g/mol. The van der Waals surface area contributed by atoms with Gasteiger partial charge in [0.2, 0.25) is 0 Å². The molecule has 0 aromatic heterocycles. The van der Waals surface area contributed by atoms with Gasteiger partial charge >= 0.3 is 5.97 Å². The number of carboxylic acids is 1. The molecule has 0 saturated heterocycles. The fourth-order valence-corrected chi connectivity index (χ4v) is 3.76. The van der Waals surface area contributed by atoms with Crippen molar-refractivity contribution in [3.63, 3.8) is 0 Å². The largest absolute Gasteiger partial charge is 0.480 e. The van der Waals surface area contributed by atoms with Crippen molar-refractivity contribution in [2.45, 2.75) is 19.3 Å². The van der Waals surface area contributed by atoms with Crippen molar-refractivity contribution < 1.29 is 14.7 Å². The van der Waals surface area contributed by atoms with Crippen molar-refractivity contribution in [1.29, 1.82) is 0 Å². The third kappa shape index (κ3) is 4.45. The van der Waals surface area contributed by atoms with Gasteiger partial charge in [0.1, 0.15) is 5.41 Å². The number of hydrogen-bond acceptors (Lipinski definition) is 4. The van der Waals surface area contributed by atoms with E-state index in [2.05, 4.69) is 5.43 Å². The van der Waals surface area contributed by atoms with E-state index in [9.17, 15) is 14.7 Å². The maximum Gasteiger partial charge on any atom is 0.319 e. The lowest BCUT2D eigenvalue weighted by atomic mass is 9.75. The Morgan fingerprint density at radius 2 is 1.38 bits per heavy atom. The van der Waals surface area contributed by atoms with E-state index >= 15 is 0 Å². The Labute approximate surface area is 158 Å². The van der Waals surface area contributed by atoms with E-state index in [0.29, 0.717) is 11.1 Å². The number of benzene rings is 2. The summed E-state index contributed by atoms with van der Waals surface area (Å²) in [4.78, 5) is 24.6. The zero-order valence-corrected chi connectivity index (χ0v) is 16.3. The average molecular weight is 372 g/mol. The molecule has 0 spiro atoms. The van der Waals surface area contributed by atoms with E-state index in [-0.39, 0.29) is 11.0 Å². The summed E-state index contributed by atoms with van der Waals surface area (Å²) >= 11 is 0.966. The van der Waals surface area contributed by atoms with Crippen molar-refractivity contribution in [1.82, 2.24) is 10.4 Å². The van der Waals surface area contributed by atoms with Crippen LogP contribution in [0.15, 0.2) is 48.5 Å². The van der Waals surface area contributed by atoms with Crippen molar-refractivity contribution in [3.05, 3.63) is 70.8 Å². The summed E-state index contributed by atoms with van der Waals surface area (Å²) in [5.41, 5.74) is 4.75. The van der Waals surface area contributed by atoms with Crippen LogP contribution in [-0.4, -0.2) is 41.2 Å². The van der Waals surface area contributed by atoms with Crippen LogP contribution < -0.4 is 5.43 Å². The lowest BCUT2D eigenvalue weighted by molar-refractivity contribution is -0.141. The number of hydrazine groups is 1. The van der Waals surface area contributed by atoms with Crippen LogP contribution >= 0.6 is 11.8 Å². The van der Waals surface area contributed by atoms with Gasteiger partial charge in [0.05, 0.1) is 0 Å². The number of nitrogens with one attached hydrogen (secondary N) is 1. The van der Waals surface area contributed by atoms with Crippen LogP contribution in [0.5, 0.6) is 0 Å². The smallest absolute Gasteiger partial charge is 0.319 e. The molecule has 0 aliphatic rings. The predicted octanol–water partition coefficient (Wildman–Crippen LogP) is 3.59. The SMILES string of the molecule is Cc1ccc(C(CSC(=O)NN(C)C)(C(=O)O)c2ccc(C)cc2)cc1. The fraction of sp³-hybridized carbons (Fsp3) is 0.300. The molecular formula is C20H24N2O3S. The Balaban J connectivity index is 2.50. The average Bonchev–Trinajstić information content (AvgIpc) is 2.57. The van der Waals surface area contributed by atoms with E-state index < -0.39 is 11.4 Å². The summed E-state index contributed by atoms with van der Waals surface area (Å²) in [6, 6.07) is 14.9. The number of aliphatic carboxylic acids is 1. The maximum absolute atomic E-state index is 12.5. The van der Waals surface area contributed by atoms with E-state index in [0.717, 1.165) is 22.9 Å². The first-order chi connectivity index (χ1) is 12.3. The molecule has 0 bridgehead atoms. The number of amides is 1. The van der Waals surface area contributed by atoms with Crippen LogP contribution in [0.4, 0.5) is 4.79 Å². The molecule has 0 radical (unpaired) electrons. The van der Waals surface area contributed by atoms with Crippen LogP contribution in [0, 0.1) is 13.8 Å². The number of nitrogens with zero attached hydrogens (tertiary/aromatic N) is 1. The van der Waals surface area contributed by atoms with Crippen LogP contribution in [0.25, 0.3) is 0 Å². The van der Waals surface area contributed by atoms with Crippen LogP contribution in [0.2, 0.25) is 0 Å². The van der Waals surface area contributed by atoms with Gasteiger partial charge in [0, 0.05) is 19.8 Å². The van der Waals surface area contributed by atoms with Crippen LogP contribution in [-0.2, 0) is 10.2 Å². The highest BCUT2D eigenvalue weighted by molar-refractivity contribution is 8.13. The standard InChI is InChI=1S/C20H24N2O3S/c1-14-5-9-16(10-6-14)20(18(23)24,13-26-19(25)21-22(3)4)17-11-7-15(2)8-12-17/h5-12H,13H2,1-4H3,(H,21,25)(H,23,24). The summed E-state index contributed by atoms with van der Waals surface area (Å²) < 4.78 is 0. The molecule has 138 valence electrons. The molecule has 5 nitrogen and oxygen atoms in total. The monoisotopic (exact) mass is 372 g/mol. The second-order valence-corrected chi connectivity index (χ2v) is 7.47. The Hall–Kier alpha value is -2.31. The number of thioether (sulfide) groups is 1. The normalized spacial score (nSPS) is 11.4. The van der Waals surface area contributed by atoms with Gasteiger partial charge < -0.3 is 5.11 Å². The zero-order valence-electron chi connectivity index (χ0n) is 15.4. The van der Waals surface area contributed by atoms with E-state index in [1.54, 1.807) is 14.1 Å². The molecule has 26 heavy (non-hydrogen) atoms. The molecule has 0 unspecified atom stereocenters. The number of carbonyl (C=O) groups is 2. The molecule has 0 aliphatic heterocycles. The number of carboxylic acid groups (broad SMARTS) is 1. The molecule has 2 N–H and O–H groups in total. The quantitative estimate of drug-likeness (QED) is 0.759. The van der Waals surface area contributed by atoms with Crippen molar-refractivity contribution in [2.24, 2.45) is 0 Å². The number of aryl methyl sites for hydroxylation is 2. The molecule has 0 atom stereocenters. The minimum absolute atomic E-state index is 0.0914. The van der Waals surface area contributed by atoms with E-state index in [1.807, 2.05) is 62.4 Å². The van der Waals surface area contributed by atoms with Gasteiger partial charge in [-0.25, -0.2) is 5.01 Å². The topological polar surface area (TPSA) is 69.6 Å². The summed E-state index contributed by atoms with van der Waals surface area (Å²) in [6.07, 6.45) is 0. The van der Waals surface area contributed by atoms with Gasteiger partial charge in [-0.15, -0.1) is 0 Å². The first-order valence-corrected chi connectivity index (χ1v) is 9.22. The lowest BCUT2D eigenvalue weighted by Crippen LogP contribution is -2.41. The second-order valence-electron chi connectivity index (χ2n) is 6.52. The fourth-order valence-electron chi connectivity index (χ4n) is 2.71. The molecule has 2 rings (SSSR count). The third-order valence-electron chi connectivity index (χ3n) is 4.19. The highest BCUT2D eigenvalue weighted by atomic mass is 32.2. The highest BCUT2D eigenvalue weighted by Crippen LogP contribution is 2.36. The molecule has 6 heteroatoms. The lowest BCUT2D eigenvalue weighted by Gasteiger charge is -2.30. The molecule has 2 aromatic carbocycles.